The van der Waals surface area contributed by atoms with Crippen molar-refractivity contribution in [2.45, 2.75) is 25.7 Å². The molecule has 3 rings (SSSR count). The summed E-state index contributed by atoms with van der Waals surface area (Å²) >= 11 is 5.91. The Balaban J connectivity index is 1.56. The Morgan fingerprint density at radius 2 is 1.86 bits per heavy atom. The van der Waals surface area contributed by atoms with Crippen LogP contribution in [0.1, 0.15) is 36.0 Å². The number of carbonyl (C=O) groups excluding carboxylic acids is 2. The lowest BCUT2D eigenvalue weighted by Crippen LogP contribution is -2.44. The molecule has 0 saturated heterocycles. The summed E-state index contributed by atoms with van der Waals surface area (Å²) in [5, 5.41) is 6.20. The zero-order chi connectivity index (χ0) is 20.1. The van der Waals surface area contributed by atoms with Crippen LogP contribution in [-0.2, 0) is 4.79 Å². The molecule has 2 aromatic carbocycles. The van der Waals surface area contributed by atoms with Gasteiger partial charge in [-0.2, -0.15) is 0 Å². The summed E-state index contributed by atoms with van der Waals surface area (Å²) in [6.07, 6.45) is 2.90. The average Bonchev–Trinajstić information content (AvgIpc) is 2.62. The Morgan fingerprint density at radius 1 is 1.14 bits per heavy atom. The van der Waals surface area contributed by atoms with E-state index in [1.807, 2.05) is 0 Å². The number of hydrogen-bond acceptors (Lipinski definition) is 2. The van der Waals surface area contributed by atoms with Crippen LogP contribution in [0.5, 0.6) is 0 Å². The van der Waals surface area contributed by atoms with E-state index in [-0.39, 0.29) is 17.6 Å². The van der Waals surface area contributed by atoms with Gasteiger partial charge in [-0.3, -0.25) is 9.59 Å². The van der Waals surface area contributed by atoms with E-state index in [2.05, 4.69) is 17.2 Å². The topological polar surface area (TPSA) is 58.2 Å². The quantitative estimate of drug-likeness (QED) is 0.645. The average molecular weight is 401 g/mol. The molecule has 2 aromatic rings. The lowest BCUT2D eigenvalue weighted by atomic mass is 9.63. The molecule has 1 aliphatic carbocycles. The normalized spacial score (nSPS) is 14.6. The molecule has 6 heteroatoms. The largest absolute Gasteiger partial charge is 0.352 e. The van der Waals surface area contributed by atoms with Crippen LogP contribution in [0.4, 0.5) is 10.1 Å². The van der Waals surface area contributed by atoms with Gasteiger partial charge in [0.25, 0.3) is 5.91 Å². The lowest BCUT2D eigenvalue weighted by molar-refractivity contribution is -0.127. The molecule has 1 fully saturated rings. The van der Waals surface area contributed by atoms with Crippen molar-refractivity contribution in [3.8, 4) is 0 Å². The van der Waals surface area contributed by atoms with Gasteiger partial charge in [0.05, 0.1) is 5.41 Å². The molecular weight excluding hydrogens is 379 g/mol. The Morgan fingerprint density at radius 3 is 2.46 bits per heavy atom. The van der Waals surface area contributed by atoms with Gasteiger partial charge in [-0.15, -0.1) is 0 Å². The van der Waals surface area contributed by atoms with E-state index < -0.39 is 5.41 Å². The van der Waals surface area contributed by atoms with E-state index in [4.69, 9.17) is 11.6 Å². The first-order valence-corrected chi connectivity index (χ1v) is 9.57. The minimum atomic E-state index is -0.630. The standard InChI is InChI=1S/C22H22ClFN2O2/c1-15(10-13-25-20(27)16-4-2-5-17(23)14-16)22(11-3-12-22)21(28)26-19-8-6-18(24)7-9-19/h2,4-9,14H,1,3,10-13H2,(H,25,27)(H,26,28). The smallest absolute Gasteiger partial charge is 0.251 e. The highest BCUT2D eigenvalue weighted by atomic mass is 35.5. The van der Waals surface area contributed by atoms with Gasteiger partial charge in [0.15, 0.2) is 0 Å². The lowest BCUT2D eigenvalue weighted by Gasteiger charge is -2.42. The first-order chi connectivity index (χ1) is 13.4. The number of carbonyl (C=O) groups is 2. The van der Waals surface area contributed by atoms with Crippen LogP contribution in [-0.4, -0.2) is 18.4 Å². The van der Waals surface area contributed by atoms with Gasteiger partial charge < -0.3 is 10.6 Å². The van der Waals surface area contributed by atoms with Crippen LogP contribution in [0, 0.1) is 11.2 Å². The first kappa shape index (κ1) is 20.1. The number of benzene rings is 2. The SMILES string of the molecule is C=C(CCNC(=O)c1cccc(Cl)c1)C1(C(=O)Nc2ccc(F)cc2)CCC1. The molecule has 0 spiro atoms. The molecule has 0 aromatic heterocycles. The summed E-state index contributed by atoms with van der Waals surface area (Å²) in [4.78, 5) is 25.0. The minimum absolute atomic E-state index is 0.128. The molecule has 1 aliphatic rings. The van der Waals surface area contributed by atoms with E-state index in [0.717, 1.165) is 24.8 Å². The first-order valence-electron chi connectivity index (χ1n) is 9.20. The third kappa shape index (κ3) is 4.42. The number of amides is 2. The van der Waals surface area contributed by atoms with Gasteiger partial charge in [0.1, 0.15) is 5.82 Å². The van der Waals surface area contributed by atoms with E-state index >= 15 is 0 Å². The van der Waals surface area contributed by atoms with Gasteiger partial charge in [0, 0.05) is 22.8 Å². The molecule has 146 valence electrons. The Bertz CT molecular complexity index is 892. The minimum Gasteiger partial charge on any atom is -0.352 e. The Labute approximate surface area is 168 Å². The summed E-state index contributed by atoms with van der Waals surface area (Å²) in [5.74, 6) is -0.693. The van der Waals surface area contributed by atoms with Crippen LogP contribution in [0.15, 0.2) is 60.7 Å². The second-order valence-electron chi connectivity index (χ2n) is 7.02. The maximum absolute atomic E-state index is 13.0. The molecule has 0 unspecified atom stereocenters. The molecule has 0 radical (unpaired) electrons. The highest BCUT2D eigenvalue weighted by Gasteiger charge is 2.46. The molecule has 2 amide bonds. The number of nitrogens with one attached hydrogen (secondary N) is 2. The van der Waals surface area contributed by atoms with E-state index in [1.165, 1.54) is 24.3 Å². The van der Waals surface area contributed by atoms with Crippen LogP contribution in [0.25, 0.3) is 0 Å². The van der Waals surface area contributed by atoms with Gasteiger partial charge >= 0.3 is 0 Å². The van der Waals surface area contributed by atoms with E-state index in [9.17, 15) is 14.0 Å². The number of anilines is 1. The molecule has 2 N–H and O–H groups in total. The highest BCUT2D eigenvalue weighted by molar-refractivity contribution is 6.30. The third-order valence-corrected chi connectivity index (χ3v) is 5.45. The maximum atomic E-state index is 13.0. The predicted molar refractivity (Wildman–Crippen MR) is 109 cm³/mol. The summed E-state index contributed by atoms with van der Waals surface area (Å²) in [7, 11) is 0. The summed E-state index contributed by atoms with van der Waals surface area (Å²) in [6, 6.07) is 12.4. The van der Waals surface area contributed by atoms with E-state index in [0.29, 0.717) is 29.2 Å². The summed E-state index contributed by atoms with van der Waals surface area (Å²) in [6.45, 7) is 4.50. The fraction of sp³-hybridized carbons (Fsp3) is 0.273. The predicted octanol–water partition coefficient (Wildman–Crippen LogP) is 4.96. The fourth-order valence-corrected chi connectivity index (χ4v) is 3.54. The maximum Gasteiger partial charge on any atom is 0.251 e. The van der Waals surface area contributed by atoms with E-state index in [1.54, 1.807) is 24.3 Å². The molecule has 1 saturated carbocycles. The van der Waals surface area contributed by atoms with Gasteiger partial charge in [0.2, 0.25) is 5.91 Å². The van der Waals surface area contributed by atoms with Crippen molar-refractivity contribution in [3.63, 3.8) is 0 Å². The monoisotopic (exact) mass is 400 g/mol. The van der Waals surface area contributed by atoms with Crippen molar-refractivity contribution < 1.29 is 14.0 Å². The molecule has 0 aliphatic heterocycles. The van der Waals surface area contributed by atoms with Gasteiger partial charge in [-0.05, 0) is 61.7 Å². The second-order valence-corrected chi connectivity index (χ2v) is 7.45. The molecule has 4 nitrogen and oxygen atoms in total. The second kappa shape index (κ2) is 8.57. The summed E-state index contributed by atoms with van der Waals surface area (Å²) < 4.78 is 13.0. The molecule has 0 atom stereocenters. The van der Waals surface area contributed by atoms with Crippen molar-refractivity contribution in [3.05, 3.63) is 77.1 Å². The fourth-order valence-electron chi connectivity index (χ4n) is 3.35. The van der Waals surface area contributed by atoms with Crippen LogP contribution < -0.4 is 10.6 Å². The molecule has 0 bridgehead atoms. The number of halogens is 2. The van der Waals surface area contributed by atoms with Gasteiger partial charge in [-0.1, -0.05) is 36.2 Å². The zero-order valence-electron chi connectivity index (χ0n) is 15.4. The summed E-state index contributed by atoms with van der Waals surface area (Å²) in [5.41, 5.74) is 1.21. The third-order valence-electron chi connectivity index (χ3n) is 5.22. The van der Waals surface area contributed by atoms with Crippen molar-refractivity contribution >= 4 is 29.1 Å². The Kier molecular flexibility index (Phi) is 6.15. The zero-order valence-corrected chi connectivity index (χ0v) is 16.2. The van der Waals surface area contributed by atoms with Crippen LogP contribution in [0.2, 0.25) is 5.02 Å². The highest BCUT2D eigenvalue weighted by Crippen LogP contribution is 2.48. The van der Waals surface area contributed by atoms with Crippen molar-refractivity contribution in [1.82, 2.24) is 5.32 Å². The molecule has 28 heavy (non-hydrogen) atoms. The Hall–Kier alpha value is -2.66. The number of rotatable bonds is 7. The van der Waals surface area contributed by atoms with Crippen molar-refractivity contribution in [2.24, 2.45) is 5.41 Å². The van der Waals surface area contributed by atoms with Crippen molar-refractivity contribution in [1.29, 1.82) is 0 Å². The molecule has 0 heterocycles. The van der Waals surface area contributed by atoms with Crippen molar-refractivity contribution in [2.75, 3.05) is 11.9 Å². The van der Waals surface area contributed by atoms with Crippen LogP contribution in [0.3, 0.4) is 0 Å². The molecular formula is C22H22ClFN2O2. The van der Waals surface area contributed by atoms with Crippen LogP contribution >= 0.6 is 11.6 Å². The van der Waals surface area contributed by atoms with Gasteiger partial charge in [-0.25, -0.2) is 4.39 Å². The number of hydrogen-bond donors (Lipinski definition) is 2.